The number of hydrogen-bond acceptors (Lipinski definition) is 5. The molecule has 2 aromatic rings. The Morgan fingerprint density at radius 3 is 2.46 bits per heavy atom. The average molecular weight is 321 g/mol. The van der Waals surface area contributed by atoms with Crippen molar-refractivity contribution in [3.05, 3.63) is 53.5 Å². The molecule has 1 aliphatic heterocycles. The van der Waals surface area contributed by atoms with Gasteiger partial charge in [-0.3, -0.25) is 4.90 Å². The molecule has 0 spiro atoms. The van der Waals surface area contributed by atoms with Gasteiger partial charge in [0.25, 0.3) is 0 Å². The summed E-state index contributed by atoms with van der Waals surface area (Å²) in [6.45, 7) is 4.01. The van der Waals surface area contributed by atoms with Crippen LogP contribution in [0.3, 0.4) is 0 Å². The first-order valence-electron chi connectivity index (χ1n) is 8.61. The van der Waals surface area contributed by atoms with Gasteiger partial charge < -0.3 is 5.32 Å². The van der Waals surface area contributed by atoms with Crippen molar-refractivity contribution in [3.8, 4) is 6.07 Å². The summed E-state index contributed by atoms with van der Waals surface area (Å²) in [5.41, 5.74) is 2.92. The van der Waals surface area contributed by atoms with Crippen LogP contribution in [0.2, 0.25) is 0 Å². The number of nitriles is 1. The maximum atomic E-state index is 9.11. The highest BCUT2D eigenvalue weighted by molar-refractivity contribution is 5.47. The van der Waals surface area contributed by atoms with Crippen LogP contribution in [0, 0.1) is 11.3 Å². The third-order valence-corrected chi connectivity index (χ3v) is 4.46. The summed E-state index contributed by atoms with van der Waals surface area (Å²) in [7, 11) is 0. The molecule has 0 bridgehead atoms. The van der Waals surface area contributed by atoms with Crippen LogP contribution < -0.4 is 5.32 Å². The van der Waals surface area contributed by atoms with E-state index < -0.39 is 0 Å². The monoisotopic (exact) mass is 321 g/mol. The molecule has 24 heavy (non-hydrogen) atoms. The lowest BCUT2D eigenvalue weighted by Gasteiger charge is -2.21. The first kappa shape index (κ1) is 16.4. The number of nitrogens with one attached hydrogen (secondary N) is 1. The van der Waals surface area contributed by atoms with Crippen LogP contribution >= 0.6 is 0 Å². The number of nitrogens with zero attached hydrogens (tertiary/aromatic N) is 4. The molecule has 5 heteroatoms. The Kier molecular flexibility index (Phi) is 5.75. The molecule has 1 aromatic carbocycles. The smallest absolute Gasteiger partial charge is 0.182 e. The van der Waals surface area contributed by atoms with E-state index in [4.69, 9.17) is 5.26 Å². The molecule has 1 aromatic heterocycles. The third-order valence-electron chi connectivity index (χ3n) is 4.46. The van der Waals surface area contributed by atoms with Gasteiger partial charge in [0.15, 0.2) is 11.5 Å². The van der Waals surface area contributed by atoms with Gasteiger partial charge in [0, 0.05) is 25.5 Å². The Labute approximate surface area is 143 Å². The molecule has 0 atom stereocenters. The highest BCUT2D eigenvalue weighted by Crippen LogP contribution is 2.17. The van der Waals surface area contributed by atoms with Crippen LogP contribution in [0.25, 0.3) is 0 Å². The number of aromatic nitrogens is 2. The lowest BCUT2D eigenvalue weighted by Crippen LogP contribution is -2.24. The summed E-state index contributed by atoms with van der Waals surface area (Å²) in [6, 6.07) is 10.6. The van der Waals surface area contributed by atoms with Gasteiger partial charge in [0.2, 0.25) is 0 Å². The highest BCUT2D eigenvalue weighted by Gasteiger charge is 2.12. The molecule has 0 saturated carbocycles. The minimum absolute atomic E-state index is 0.336. The van der Waals surface area contributed by atoms with Crippen molar-refractivity contribution in [2.45, 2.75) is 38.8 Å². The van der Waals surface area contributed by atoms with Gasteiger partial charge in [0.05, 0.1) is 0 Å². The lowest BCUT2D eigenvalue weighted by molar-refractivity contribution is 0.276. The van der Waals surface area contributed by atoms with Gasteiger partial charge in [-0.15, -0.1) is 0 Å². The Morgan fingerprint density at radius 2 is 1.71 bits per heavy atom. The summed E-state index contributed by atoms with van der Waals surface area (Å²) >= 11 is 0. The summed E-state index contributed by atoms with van der Waals surface area (Å²) in [4.78, 5) is 10.8. The topological polar surface area (TPSA) is 64.8 Å². The molecule has 1 N–H and O–H groups in total. The zero-order chi connectivity index (χ0) is 16.6. The zero-order valence-electron chi connectivity index (χ0n) is 13.9. The second kappa shape index (κ2) is 8.42. The lowest BCUT2D eigenvalue weighted by atomic mass is 10.1. The average Bonchev–Trinajstić information content (AvgIpc) is 2.90. The van der Waals surface area contributed by atoms with Crippen LogP contribution in [-0.4, -0.2) is 28.0 Å². The maximum absolute atomic E-state index is 9.11. The second-order valence-electron chi connectivity index (χ2n) is 6.18. The fourth-order valence-electron chi connectivity index (χ4n) is 3.15. The van der Waals surface area contributed by atoms with Gasteiger partial charge in [-0.05, 0) is 37.1 Å². The molecule has 124 valence electrons. The standard InChI is InChI=1S/C19H23N5/c20-13-18-19(22-10-9-21-18)23-14-16-7-3-4-8-17(16)15-24-11-5-1-2-6-12-24/h3-4,7-10H,1-2,5-6,11-12,14-15H2,(H,22,23). The molecule has 1 aliphatic rings. The van der Waals surface area contributed by atoms with Gasteiger partial charge >= 0.3 is 0 Å². The number of benzene rings is 1. The molecule has 3 rings (SSSR count). The highest BCUT2D eigenvalue weighted by atomic mass is 15.1. The maximum Gasteiger partial charge on any atom is 0.182 e. The van der Waals surface area contributed by atoms with Crippen molar-refractivity contribution < 1.29 is 0 Å². The number of likely N-dealkylation sites (tertiary alicyclic amines) is 1. The predicted molar refractivity (Wildman–Crippen MR) is 94.3 cm³/mol. The van der Waals surface area contributed by atoms with Gasteiger partial charge in [0.1, 0.15) is 6.07 Å². The fraction of sp³-hybridized carbons (Fsp3) is 0.421. The number of rotatable bonds is 5. The first-order valence-corrected chi connectivity index (χ1v) is 8.61. The van der Waals surface area contributed by atoms with Crippen molar-refractivity contribution in [1.82, 2.24) is 14.9 Å². The zero-order valence-corrected chi connectivity index (χ0v) is 13.9. The molecule has 0 radical (unpaired) electrons. The minimum Gasteiger partial charge on any atom is -0.364 e. The summed E-state index contributed by atoms with van der Waals surface area (Å²) in [5.74, 6) is 0.546. The SMILES string of the molecule is N#Cc1nccnc1NCc1ccccc1CN1CCCCCC1. The Hall–Kier alpha value is -2.45. The predicted octanol–water partition coefficient (Wildman–Crippen LogP) is 3.34. The molecular weight excluding hydrogens is 298 g/mol. The summed E-state index contributed by atoms with van der Waals surface area (Å²) < 4.78 is 0. The molecule has 0 amide bonds. The van der Waals surface area contributed by atoms with E-state index in [1.54, 1.807) is 6.20 Å². The minimum atomic E-state index is 0.336. The van der Waals surface area contributed by atoms with Gasteiger partial charge in [-0.1, -0.05) is 37.1 Å². The van der Waals surface area contributed by atoms with E-state index >= 15 is 0 Å². The van der Waals surface area contributed by atoms with E-state index in [2.05, 4.69) is 50.5 Å². The molecule has 1 fully saturated rings. The van der Waals surface area contributed by atoms with Crippen LogP contribution in [0.4, 0.5) is 5.82 Å². The molecule has 0 unspecified atom stereocenters. The third kappa shape index (κ3) is 4.30. The summed E-state index contributed by atoms with van der Waals surface area (Å²) in [5, 5.41) is 12.4. The van der Waals surface area contributed by atoms with E-state index in [1.807, 2.05) is 0 Å². The molecule has 0 aliphatic carbocycles. The van der Waals surface area contributed by atoms with Crippen molar-refractivity contribution in [2.24, 2.45) is 0 Å². The van der Waals surface area contributed by atoms with E-state index in [9.17, 15) is 0 Å². The van der Waals surface area contributed by atoms with Crippen LogP contribution in [0.5, 0.6) is 0 Å². The Bertz CT molecular complexity index is 699. The van der Waals surface area contributed by atoms with Crippen LogP contribution in [-0.2, 0) is 13.1 Å². The van der Waals surface area contributed by atoms with Gasteiger partial charge in [-0.2, -0.15) is 5.26 Å². The largest absolute Gasteiger partial charge is 0.364 e. The normalized spacial score (nSPS) is 15.5. The molecule has 2 heterocycles. The molecule has 1 saturated heterocycles. The number of hydrogen-bond donors (Lipinski definition) is 1. The van der Waals surface area contributed by atoms with Crippen molar-refractivity contribution >= 4 is 5.82 Å². The Morgan fingerprint density at radius 1 is 1.00 bits per heavy atom. The summed E-state index contributed by atoms with van der Waals surface area (Å²) in [6.07, 6.45) is 8.44. The van der Waals surface area contributed by atoms with Crippen molar-refractivity contribution in [3.63, 3.8) is 0 Å². The van der Waals surface area contributed by atoms with Crippen LogP contribution in [0.1, 0.15) is 42.5 Å². The fourth-order valence-corrected chi connectivity index (χ4v) is 3.15. The van der Waals surface area contributed by atoms with Gasteiger partial charge in [-0.25, -0.2) is 9.97 Å². The van der Waals surface area contributed by atoms with E-state index in [1.165, 1.54) is 56.1 Å². The number of anilines is 1. The van der Waals surface area contributed by atoms with E-state index in [0.29, 0.717) is 18.1 Å². The second-order valence-corrected chi connectivity index (χ2v) is 6.18. The Balaban J connectivity index is 1.68. The van der Waals surface area contributed by atoms with Crippen LogP contribution in [0.15, 0.2) is 36.7 Å². The first-order chi connectivity index (χ1) is 11.9. The van der Waals surface area contributed by atoms with Crippen molar-refractivity contribution in [2.75, 3.05) is 18.4 Å². The quantitative estimate of drug-likeness (QED) is 0.915. The molecule has 5 nitrogen and oxygen atoms in total. The molecular formula is C19H23N5. The van der Waals surface area contributed by atoms with E-state index in [0.717, 1.165) is 6.54 Å². The van der Waals surface area contributed by atoms with Crippen molar-refractivity contribution in [1.29, 1.82) is 5.26 Å². The van der Waals surface area contributed by atoms with E-state index in [-0.39, 0.29) is 0 Å².